The third-order valence-corrected chi connectivity index (χ3v) is 4.82. The van der Waals surface area contributed by atoms with Crippen LogP contribution in [-0.4, -0.2) is 15.9 Å². The maximum absolute atomic E-state index is 10.0. The van der Waals surface area contributed by atoms with Gasteiger partial charge in [0.2, 0.25) is 0 Å². The van der Waals surface area contributed by atoms with E-state index in [4.69, 9.17) is 22.7 Å². The Bertz CT molecular complexity index is 1690. The zero-order valence-electron chi connectivity index (χ0n) is 23.9. The van der Waals surface area contributed by atoms with Crippen LogP contribution in [0.3, 0.4) is 0 Å². The Balaban J connectivity index is 0.000000468. The molecule has 5 aromatic rings. The standard InChI is InChI=1S/C23H16NO.C5H8O2.Ir/c1-14-12-18-19(13-15(14)2)24-22(16-8-4-3-5-9-16)23-21(18)17-10-6-7-11-20(17)25-23;1-4(6)3-5(2)7;/h3-8,10-13H,1-2H3;3,6H,1-2H3;/q-1;;/b;4-3-;/i1D3,2D3;;. The summed E-state index contributed by atoms with van der Waals surface area (Å²) in [6.07, 6.45) is 1.17. The number of allylic oxidation sites excluding steroid dienone is 2. The molecule has 0 amide bonds. The fourth-order valence-electron chi connectivity index (χ4n) is 3.55. The number of hydrogen-bond acceptors (Lipinski definition) is 4. The Hall–Kier alpha value is -3.27. The Morgan fingerprint density at radius 3 is 2.42 bits per heavy atom. The van der Waals surface area contributed by atoms with Crippen molar-refractivity contribution in [2.24, 2.45) is 0 Å². The molecule has 1 N–H and O–H groups in total. The van der Waals surface area contributed by atoms with Crippen molar-refractivity contribution in [1.29, 1.82) is 0 Å². The quantitative estimate of drug-likeness (QED) is 0.128. The molecule has 2 heterocycles. The number of benzene rings is 3. The van der Waals surface area contributed by atoms with E-state index in [1.807, 2.05) is 42.5 Å². The largest absolute Gasteiger partial charge is 0.512 e. The van der Waals surface area contributed by atoms with E-state index in [9.17, 15) is 4.79 Å². The summed E-state index contributed by atoms with van der Waals surface area (Å²) >= 11 is 0. The van der Waals surface area contributed by atoms with Crippen molar-refractivity contribution >= 4 is 38.6 Å². The number of aryl methyl sites for hydroxylation is 2. The van der Waals surface area contributed by atoms with E-state index in [1.54, 1.807) is 6.07 Å². The molecular formula is C28H24IrNO3-. The third kappa shape index (κ3) is 5.05. The van der Waals surface area contributed by atoms with Gasteiger partial charge in [0, 0.05) is 56.3 Å². The number of rotatable bonds is 2. The molecule has 4 nitrogen and oxygen atoms in total. The molecule has 0 aliphatic heterocycles. The molecule has 3 aromatic carbocycles. The van der Waals surface area contributed by atoms with Gasteiger partial charge in [-0.05, 0) is 56.9 Å². The molecule has 33 heavy (non-hydrogen) atoms. The fraction of sp³-hybridized carbons (Fsp3) is 0.143. The average molecular weight is 621 g/mol. The first-order valence-corrected chi connectivity index (χ1v) is 9.92. The number of carbonyl (C=O) groups excluding carboxylic acids is 1. The van der Waals surface area contributed by atoms with Crippen LogP contribution in [0.25, 0.3) is 44.1 Å². The van der Waals surface area contributed by atoms with Crippen molar-refractivity contribution in [3.05, 3.63) is 89.7 Å². The minimum atomic E-state index is -2.59. The minimum Gasteiger partial charge on any atom is -0.512 e. The normalized spacial score (nSPS) is 14.7. The molecule has 2 aromatic heterocycles. The SMILES string of the molecule is CC(=O)/C=C(/C)O.[2H]C([2H])([2H])c1cc2nc(-c3[c-]cccc3)c3oc4ccccc4c3c2cc1C([2H])([2H])[2H].[Ir]. The van der Waals surface area contributed by atoms with Gasteiger partial charge in [0.15, 0.2) is 5.78 Å². The number of para-hydroxylation sites is 1. The molecule has 5 heteroatoms. The van der Waals surface area contributed by atoms with Crippen molar-refractivity contribution in [1.82, 2.24) is 4.98 Å². The van der Waals surface area contributed by atoms with E-state index in [-0.39, 0.29) is 42.8 Å². The maximum atomic E-state index is 10.0. The van der Waals surface area contributed by atoms with Gasteiger partial charge in [0.05, 0.1) is 11.3 Å². The Morgan fingerprint density at radius 2 is 1.79 bits per heavy atom. The van der Waals surface area contributed by atoms with Crippen molar-refractivity contribution in [3.63, 3.8) is 0 Å². The van der Waals surface area contributed by atoms with E-state index in [1.165, 1.54) is 32.1 Å². The van der Waals surface area contributed by atoms with Gasteiger partial charge in [-0.1, -0.05) is 18.2 Å². The number of furan rings is 1. The Labute approximate surface area is 214 Å². The molecule has 0 aliphatic rings. The summed E-state index contributed by atoms with van der Waals surface area (Å²) in [5.74, 6) is -0.0625. The monoisotopic (exact) mass is 621 g/mol. The van der Waals surface area contributed by atoms with E-state index in [0.29, 0.717) is 38.7 Å². The molecule has 0 fully saturated rings. The summed E-state index contributed by atoms with van der Waals surface area (Å²) in [4.78, 5) is 14.7. The number of aromatic nitrogens is 1. The first-order valence-electron chi connectivity index (χ1n) is 12.9. The number of aliphatic hydroxyl groups is 1. The van der Waals surface area contributed by atoms with Crippen LogP contribution in [0.1, 0.15) is 33.2 Å². The molecule has 0 saturated carbocycles. The first kappa shape index (κ1) is 17.2. The zero-order chi connectivity index (χ0) is 27.8. The van der Waals surface area contributed by atoms with E-state index >= 15 is 0 Å². The number of carbonyl (C=O) groups is 1. The maximum Gasteiger partial charge on any atom is 0.155 e. The molecule has 0 unspecified atom stereocenters. The average Bonchev–Trinajstić information content (AvgIpc) is 3.21. The van der Waals surface area contributed by atoms with Crippen LogP contribution in [0.5, 0.6) is 0 Å². The Morgan fingerprint density at radius 1 is 1.06 bits per heavy atom. The zero-order valence-corrected chi connectivity index (χ0v) is 20.3. The summed E-state index contributed by atoms with van der Waals surface area (Å²) in [5.41, 5.74) is 2.34. The molecule has 5 rings (SSSR count). The van der Waals surface area contributed by atoms with Gasteiger partial charge in [-0.15, -0.1) is 35.9 Å². The number of ketones is 1. The van der Waals surface area contributed by atoms with E-state index in [0.717, 1.165) is 5.39 Å². The number of nitrogens with zero attached hydrogens (tertiary/aromatic N) is 1. The van der Waals surface area contributed by atoms with Crippen LogP contribution in [0.15, 0.2) is 76.9 Å². The molecule has 0 spiro atoms. The number of pyridine rings is 1. The van der Waals surface area contributed by atoms with Gasteiger partial charge < -0.3 is 9.52 Å². The number of hydrogen-bond donors (Lipinski definition) is 1. The molecule has 169 valence electrons. The predicted octanol–water partition coefficient (Wildman–Crippen LogP) is 7.25. The molecule has 1 radical (unpaired) electrons. The predicted molar refractivity (Wildman–Crippen MR) is 130 cm³/mol. The van der Waals surface area contributed by atoms with E-state index < -0.39 is 13.7 Å². The summed E-state index contributed by atoms with van der Waals surface area (Å²) < 4.78 is 53.5. The van der Waals surface area contributed by atoms with Gasteiger partial charge in [-0.25, -0.2) is 0 Å². The van der Waals surface area contributed by atoms with Crippen LogP contribution in [0, 0.1) is 19.8 Å². The van der Waals surface area contributed by atoms with Crippen LogP contribution in [0.4, 0.5) is 0 Å². The second-order valence-corrected chi connectivity index (χ2v) is 7.35. The van der Waals surface area contributed by atoms with Crippen molar-refractivity contribution in [3.8, 4) is 11.3 Å². The van der Waals surface area contributed by atoms with Crippen LogP contribution >= 0.6 is 0 Å². The summed E-state index contributed by atoms with van der Waals surface area (Å²) in [7, 11) is 0. The number of aliphatic hydroxyl groups excluding tert-OH is 1. The summed E-state index contributed by atoms with van der Waals surface area (Å²) in [6.45, 7) is -2.33. The topological polar surface area (TPSA) is 63.3 Å². The molecular weight excluding hydrogens is 591 g/mol. The van der Waals surface area contributed by atoms with Crippen LogP contribution in [-0.2, 0) is 24.9 Å². The molecule has 0 aliphatic carbocycles. The third-order valence-electron chi connectivity index (χ3n) is 4.82. The van der Waals surface area contributed by atoms with Crippen molar-refractivity contribution in [2.75, 3.05) is 0 Å². The minimum absolute atomic E-state index is 0. The molecule has 0 bridgehead atoms. The number of fused-ring (bicyclic) bond motifs is 5. The van der Waals surface area contributed by atoms with Gasteiger partial charge in [-0.3, -0.25) is 9.78 Å². The molecule has 0 atom stereocenters. The molecule has 0 saturated heterocycles. The summed E-state index contributed by atoms with van der Waals surface area (Å²) in [5, 5.41) is 10.4. The van der Waals surface area contributed by atoms with Gasteiger partial charge >= 0.3 is 0 Å². The van der Waals surface area contributed by atoms with Gasteiger partial charge in [-0.2, -0.15) is 0 Å². The van der Waals surface area contributed by atoms with Crippen molar-refractivity contribution < 1.29 is 42.6 Å². The Kier molecular flexibility index (Phi) is 5.28. The second-order valence-electron chi connectivity index (χ2n) is 7.35. The summed E-state index contributed by atoms with van der Waals surface area (Å²) in [6, 6.07) is 20.7. The smallest absolute Gasteiger partial charge is 0.155 e. The first-order chi connectivity index (χ1) is 17.8. The van der Waals surface area contributed by atoms with E-state index in [2.05, 4.69) is 6.07 Å². The van der Waals surface area contributed by atoms with Gasteiger partial charge in [0.25, 0.3) is 0 Å². The fourth-order valence-corrected chi connectivity index (χ4v) is 3.55. The van der Waals surface area contributed by atoms with Crippen LogP contribution < -0.4 is 0 Å². The van der Waals surface area contributed by atoms with Gasteiger partial charge in [0.1, 0.15) is 11.2 Å². The second kappa shape index (κ2) is 10.1. The van der Waals surface area contributed by atoms with Crippen LogP contribution in [0.2, 0.25) is 0 Å². The van der Waals surface area contributed by atoms with Crippen molar-refractivity contribution in [2.45, 2.75) is 27.6 Å².